The van der Waals surface area contributed by atoms with E-state index < -0.39 is 0 Å². The molecule has 1 saturated heterocycles. The molecule has 4 nitrogen and oxygen atoms in total. The van der Waals surface area contributed by atoms with Crippen LogP contribution in [-0.2, 0) is 16.0 Å². The molecule has 2 fully saturated rings. The molecule has 1 aromatic carbocycles. The maximum atomic E-state index is 11.9. The van der Waals surface area contributed by atoms with Crippen LogP contribution in [0.3, 0.4) is 0 Å². The van der Waals surface area contributed by atoms with Gasteiger partial charge in [-0.25, -0.2) is 0 Å². The zero-order valence-electron chi connectivity index (χ0n) is 15.0. The number of rotatable bonds is 6. The van der Waals surface area contributed by atoms with Crippen LogP contribution in [-0.4, -0.2) is 61.6 Å². The van der Waals surface area contributed by atoms with Crippen molar-refractivity contribution in [3.8, 4) is 0 Å². The molecule has 24 heavy (non-hydrogen) atoms. The van der Waals surface area contributed by atoms with E-state index >= 15 is 0 Å². The van der Waals surface area contributed by atoms with Gasteiger partial charge in [0, 0.05) is 39.1 Å². The Balaban J connectivity index is 1.62. The Kier molecular flexibility index (Phi) is 5.90. The fraction of sp³-hybridized carbons (Fsp3) is 0.650. The van der Waals surface area contributed by atoms with Gasteiger partial charge in [-0.3, -0.25) is 9.69 Å². The molecule has 4 heteroatoms. The van der Waals surface area contributed by atoms with E-state index in [1.54, 1.807) is 19.0 Å². The standard InChI is InChI=1S/C20H30N2O2/c1-21(2)20(23)15-24-19-11-12-22(18-9-6-10-18)14-17(19)13-16-7-4-3-5-8-16/h3-5,7-8,17-19H,6,9-15H2,1-2H3/t17-,19-/m0/s1. The van der Waals surface area contributed by atoms with Gasteiger partial charge < -0.3 is 9.64 Å². The van der Waals surface area contributed by atoms with Gasteiger partial charge in [-0.1, -0.05) is 36.8 Å². The van der Waals surface area contributed by atoms with Crippen LogP contribution in [0.5, 0.6) is 0 Å². The summed E-state index contributed by atoms with van der Waals surface area (Å²) in [6, 6.07) is 11.5. The third kappa shape index (κ3) is 4.37. The van der Waals surface area contributed by atoms with Crippen molar-refractivity contribution >= 4 is 5.91 Å². The number of likely N-dealkylation sites (N-methyl/N-ethyl adjacent to an activating group) is 1. The highest BCUT2D eigenvalue weighted by molar-refractivity contribution is 5.76. The van der Waals surface area contributed by atoms with Crippen LogP contribution in [0.25, 0.3) is 0 Å². The van der Waals surface area contributed by atoms with Crippen LogP contribution in [0, 0.1) is 5.92 Å². The Morgan fingerprint density at radius 1 is 1.21 bits per heavy atom. The highest BCUT2D eigenvalue weighted by Gasteiger charge is 2.35. The molecular weight excluding hydrogens is 300 g/mol. The lowest BCUT2D eigenvalue weighted by Gasteiger charge is -2.45. The Bertz CT molecular complexity index is 528. The quantitative estimate of drug-likeness (QED) is 0.804. The van der Waals surface area contributed by atoms with E-state index in [0.717, 1.165) is 32.0 Å². The average Bonchev–Trinajstić information content (AvgIpc) is 2.53. The van der Waals surface area contributed by atoms with Crippen LogP contribution in [0.4, 0.5) is 0 Å². The monoisotopic (exact) mass is 330 g/mol. The summed E-state index contributed by atoms with van der Waals surface area (Å²) in [5.41, 5.74) is 1.37. The molecule has 0 bridgehead atoms. The lowest BCUT2D eigenvalue weighted by molar-refractivity contribution is -0.139. The van der Waals surface area contributed by atoms with Gasteiger partial charge in [-0.15, -0.1) is 0 Å². The topological polar surface area (TPSA) is 32.8 Å². The first-order valence-electron chi connectivity index (χ1n) is 9.23. The molecule has 0 aromatic heterocycles. The Morgan fingerprint density at radius 3 is 2.58 bits per heavy atom. The number of carbonyl (C=O) groups is 1. The molecule has 132 valence electrons. The molecule has 2 aliphatic rings. The highest BCUT2D eigenvalue weighted by atomic mass is 16.5. The number of carbonyl (C=O) groups excluding carboxylic acids is 1. The molecule has 0 radical (unpaired) electrons. The number of amides is 1. The molecular formula is C20H30N2O2. The van der Waals surface area contributed by atoms with E-state index in [0.29, 0.717) is 5.92 Å². The molecule has 3 rings (SSSR count). The van der Waals surface area contributed by atoms with Crippen molar-refractivity contribution in [2.45, 2.75) is 44.2 Å². The van der Waals surface area contributed by atoms with Crippen LogP contribution in [0.2, 0.25) is 0 Å². The molecule has 1 aromatic rings. The number of nitrogens with zero attached hydrogens (tertiary/aromatic N) is 2. The number of hydrogen-bond acceptors (Lipinski definition) is 3. The Labute approximate surface area is 145 Å². The molecule has 1 saturated carbocycles. The van der Waals surface area contributed by atoms with Crippen LogP contribution in [0.1, 0.15) is 31.2 Å². The van der Waals surface area contributed by atoms with Gasteiger partial charge in [-0.2, -0.15) is 0 Å². The van der Waals surface area contributed by atoms with Gasteiger partial charge in [0.2, 0.25) is 5.91 Å². The molecule has 0 unspecified atom stereocenters. The second-order valence-corrected chi connectivity index (χ2v) is 7.46. The van der Waals surface area contributed by atoms with Crippen molar-refractivity contribution in [3.05, 3.63) is 35.9 Å². The first kappa shape index (κ1) is 17.4. The summed E-state index contributed by atoms with van der Waals surface area (Å²) >= 11 is 0. The maximum absolute atomic E-state index is 11.9. The van der Waals surface area contributed by atoms with Gasteiger partial charge in [0.1, 0.15) is 6.61 Å². The molecule has 1 aliphatic heterocycles. The molecule has 1 heterocycles. The Hall–Kier alpha value is -1.39. The summed E-state index contributed by atoms with van der Waals surface area (Å²) in [7, 11) is 3.57. The summed E-state index contributed by atoms with van der Waals surface area (Å²) in [6.45, 7) is 2.41. The van der Waals surface area contributed by atoms with Crippen molar-refractivity contribution in [3.63, 3.8) is 0 Å². The predicted molar refractivity (Wildman–Crippen MR) is 95.9 cm³/mol. The first-order valence-corrected chi connectivity index (χ1v) is 9.23. The fourth-order valence-corrected chi connectivity index (χ4v) is 3.76. The van der Waals surface area contributed by atoms with E-state index in [9.17, 15) is 4.79 Å². The summed E-state index contributed by atoms with van der Waals surface area (Å²) in [5, 5.41) is 0. The second-order valence-electron chi connectivity index (χ2n) is 7.46. The first-order chi connectivity index (χ1) is 11.6. The molecule has 0 N–H and O–H groups in total. The predicted octanol–water partition coefficient (Wildman–Crippen LogP) is 2.58. The SMILES string of the molecule is CN(C)C(=O)CO[C@H]1CCN(C2CCC2)C[C@@H]1Cc1ccccc1. The Morgan fingerprint density at radius 2 is 1.96 bits per heavy atom. The summed E-state index contributed by atoms with van der Waals surface area (Å²) in [6.07, 6.45) is 6.33. The third-order valence-electron chi connectivity index (χ3n) is 5.55. The zero-order chi connectivity index (χ0) is 16.9. The van der Waals surface area contributed by atoms with Gasteiger partial charge in [0.15, 0.2) is 0 Å². The number of hydrogen-bond donors (Lipinski definition) is 0. The van der Waals surface area contributed by atoms with E-state index in [1.807, 2.05) is 0 Å². The average molecular weight is 330 g/mol. The zero-order valence-corrected chi connectivity index (χ0v) is 15.0. The number of piperidine rings is 1. The molecule has 1 amide bonds. The molecule has 1 aliphatic carbocycles. The molecule has 0 spiro atoms. The highest BCUT2D eigenvalue weighted by Crippen LogP contribution is 2.31. The lowest BCUT2D eigenvalue weighted by atomic mass is 9.84. The minimum atomic E-state index is 0.0508. The number of benzene rings is 1. The lowest BCUT2D eigenvalue weighted by Crippen LogP contribution is -2.51. The minimum Gasteiger partial charge on any atom is -0.368 e. The normalized spacial score (nSPS) is 25.2. The van der Waals surface area contributed by atoms with Crippen LogP contribution in [0.15, 0.2) is 30.3 Å². The summed E-state index contributed by atoms with van der Waals surface area (Å²) in [5.74, 6) is 0.520. The fourth-order valence-electron chi connectivity index (χ4n) is 3.76. The van der Waals surface area contributed by atoms with Crippen LogP contribution < -0.4 is 0 Å². The smallest absolute Gasteiger partial charge is 0.248 e. The largest absolute Gasteiger partial charge is 0.368 e. The molecule has 2 atom stereocenters. The van der Waals surface area contributed by atoms with E-state index in [-0.39, 0.29) is 18.6 Å². The van der Waals surface area contributed by atoms with E-state index in [4.69, 9.17) is 4.74 Å². The van der Waals surface area contributed by atoms with Gasteiger partial charge in [-0.05, 0) is 31.2 Å². The van der Waals surface area contributed by atoms with Crippen LogP contribution >= 0.6 is 0 Å². The summed E-state index contributed by atoms with van der Waals surface area (Å²) in [4.78, 5) is 16.1. The van der Waals surface area contributed by atoms with E-state index in [2.05, 4.69) is 35.2 Å². The summed E-state index contributed by atoms with van der Waals surface area (Å²) < 4.78 is 6.05. The van der Waals surface area contributed by atoms with Crippen molar-refractivity contribution in [2.24, 2.45) is 5.92 Å². The third-order valence-corrected chi connectivity index (χ3v) is 5.55. The minimum absolute atomic E-state index is 0.0508. The van der Waals surface area contributed by atoms with Gasteiger partial charge >= 0.3 is 0 Å². The van der Waals surface area contributed by atoms with Crippen molar-refractivity contribution in [1.29, 1.82) is 0 Å². The maximum Gasteiger partial charge on any atom is 0.248 e. The van der Waals surface area contributed by atoms with Crippen molar-refractivity contribution in [1.82, 2.24) is 9.80 Å². The van der Waals surface area contributed by atoms with Crippen molar-refractivity contribution in [2.75, 3.05) is 33.8 Å². The van der Waals surface area contributed by atoms with E-state index in [1.165, 1.54) is 24.8 Å². The second kappa shape index (κ2) is 8.13. The number of likely N-dealkylation sites (tertiary alicyclic amines) is 1. The van der Waals surface area contributed by atoms with Crippen molar-refractivity contribution < 1.29 is 9.53 Å². The number of ether oxygens (including phenoxy) is 1. The van der Waals surface area contributed by atoms with Gasteiger partial charge in [0.05, 0.1) is 6.10 Å². The van der Waals surface area contributed by atoms with Gasteiger partial charge in [0.25, 0.3) is 0 Å².